The normalized spacial score (nSPS) is 11.1. The van der Waals surface area contributed by atoms with Gasteiger partial charge in [-0.15, -0.1) is 11.3 Å². The van der Waals surface area contributed by atoms with Crippen molar-refractivity contribution in [3.8, 4) is 0 Å². The largest absolute Gasteiger partial charge is 0.382 e. The molecule has 122 valence electrons. The maximum absolute atomic E-state index is 5.86. The van der Waals surface area contributed by atoms with Crippen LogP contribution in [0.1, 0.15) is 4.88 Å². The zero-order valence-electron chi connectivity index (χ0n) is 12.4. The standard InChI is InChI=1S/C14H24ClNO4S/c1-17-6-7-19-10-11-20-9-8-18-5-4-16-12-13-2-3-14(15)21-13/h2-3,16H,4-12H2,1H3. The smallest absolute Gasteiger partial charge is 0.0931 e. The van der Waals surface area contributed by atoms with Crippen LogP contribution in [0, 0.1) is 0 Å². The van der Waals surface area contributed by atoms with Crippen molar-refractivity contribution in [3.63, 3.8) is 0 Å². The van der Waals surface area contributed by atoms with E-state index < -0.39 is 0 Å². The van der Waals surface area contributed by atoms with Crippen LogP contribution < -0.4 is 5.32 Å². The Morgan fingerprint density at radius 3 is 2.14 bits per heavy atom. The molecule has 0 spiro atoms. The summed E-state index contributed by atoms with van der Waals surface area (Å²) < 4.78 is 21.8. The maximum atomic E-state index is 5.86. The van der Waals surface area contributed by atoms with Crippen LogP contribution in [-0.4, -0.2) is 59.9 Å². The topological polar surface area (TPSA) is 49.0 Å². The van der Waals surface area contributed by atoms with Gasteiger partial charge in [0.25, 0.3) is 0 Å². The van der Waals surface area contributed by atoms with Gasteiger partial charge in [0.1, 0.15) is 0 Å². The van der Waals surface area contributed by atoms with E-state index in [2.05, 4.69) is 5.32 Å². The molecule has 0 saturated carbocycles. The van der Waals surface area contributed by atoms with E-state index in [9.17, 15) is 0 Å². The van der Waals surface area contributed by atoms with Gasteiger partial charge in [0.15, 0.2) is 0 Å². The molecule has 1 heterocycles. The van der Waals surface area contributed by atoms with Crippen molar-refractivity contribution >= 4 is 22.9 Å². The summed E-state index contributed by atoms with van der Waals surface area (Å²) in [5, 5.41) is 3.30. The Hall–Kier alpha value is -0.210. The first kappa shape index (κ1) is 18.8. The minimum absolute atomic E-state index is 0.588. The summed E-state index contributed by atoms with van der Waals surface area (Å²) in [7, 11) is 1.65. The van der Waals surface area contributed by atoms with Crippen molar-refractivity contribution in [2.24, 2.45) is 0 Å². The first-order chi connectivity index (χ1) is 10.3. The van der Waals surface area contributed by atoms with Crippen LogP contribution in [0.4, 0.5) is 0 Å². The summed E-state index contributed by atoms with van der Waals surface area (Å²) in [6, 6.07) is 3.94. The fourth-order valence-corrected chi connectivity index (χ4v) is 2.54. The van der Waals surface area contributed by atoms with Crippen molar-refractivity contribution in [1.29, 1.82) is 0 Å². The van der Waals surface area contributed by atoms with Gasteiger partial charge in [0, 0.05) is 25.1 Å². The summed E-state index contributed by atoms with van der Waals surface area (Å²) >= 11 is 7.45. The van der Waals surface area contributed by atoms with Gasteiger partial charge in [0.05, 0.1) is 50.6 Å². The molecule has 0 bridgehead atoms. The molecule has 0 aromatic carbocycles. The second-order valence-corrected chi connectivity index (χ2v) is 6.01. The third-order valence-electron chi connectivity index (χ3n) is 2.53. The first-order valence-electron chi connectivity index (χ1n) is 7.00. The van der Waals surface area contributed by atoms with Gasteiger partial charge < -0.3 is 24.3 Å². The molecule has 0 aliphatic carbocycles. The van der Waals surface area contributed by atoms with E-state index in [0.717, 1.165) is 17.4 Å². The molecule has 1 N–H and O–H groups in total. The highest BCUT2D eigenvalue weighted by Gasteiger charge is 1.97. The summed E-state index contributed by atoms with van der Waals surface area (Å²) in [5.74, 6) is 0. The number of nitrogens with one attached hydrogen (secondary N) is 1. The third kappa shape index (κ3) is 11.1. The lowest BCUT2D eigenvalue weighted by molar-refractivity contribution is 0.00409. The summed E-state index contributed by atoms with van der Waals surface area (Å²) in [6.45, 7) is 5.92. The number of thiophene rings is 1. The van der Waals surface area contributed by atoms with Gasteiger partial charge in [-0.2, -0.15) is 0 Å². The number of halogens is 1. The second kappa shape index (κ2) is 13.5. The van der Waals surface area contributed by atoms with Gasteiger partial charge in [-0.05, 0) is 12.1 Å². The monoisotopic (exact) mass is 337 g/mol. The first-order valence-corrected chi connectivity index (χ1v) is 8.19. The zero-order chi connectivity index (χ0) is 15.2. The van der Waals surface area contributed by atoms with Crippen LogP contribution in [0.25, 0.3) is 0 Å². The van der Waals surface area contributed by atoms with Crippen molar-refractivity contribution in [2.45, 2.75) is 6.54 Å². The van der Waals surface area contributed by atoms with Crippen molar-refractivity contribution < 1.29 is 18.9 Å². The van der Waals surface area contributed by atoms with Crippen LogP contribution in [0.3, 0.4) is 0 Å². The van der Waals surface area contributed by atoms with E-state index in [4.69, 9.17) is 30.5 Å². The predicted molar refractivity (Wildman–Crippen MR) is 85.4 cm³/mol. The Morgan fingerprint density at radius 1 is 0.952 bits per heavy atom. The molecule has 5 nitrogen and oxygen atoms in total. The van der Waals surface area contributed by atoms with Crippen molar-refractivity contribution in [1.82, 2.24) is 5.32 Å². The lowest BCUT2D eigenvalue weighted by Crippen LogP contribution is -2.20. The van der Waals surface area contributed by atoms with Gasteiger partial charge in [-0.1, -0.05) is 11.6 Å². The fraction of sp³-hybridized carbons (Fsp3) is 0.714. The van der Waals surface area contributed by atoms with Crippen molar-refractivity contribution in [2.75, 3.05) is 59.9 Å². The molecule has 0 aliphatic heterocycles. The third-order valence-corrected chi connectivity index (χ3v) is 3.76. The molecular formula is C14H24ClNO4S. The SMILES string of the molecule is COCCOCCOCCOCCNCc1ccc(Cl)s1. The molecule has 1 aromatic heterocycles. The van der Waals surface area contributed by atoms with Gasteiger partial charge >= 0.3 is 0 Å². The zero-order valence-corrected chi connectivity index (χ0v) is 14.0. The molecule has 0 aliphatic rings. The minimum atomic E-state index is 0.588. The van der Waals surface area contributed by atoms with E-state index in [1.807, 2.05) is 12.1 Å². The molecule has 0 radical (unpaired) electrons. The van der Waals surface area contributed by atoms with Crippen LogP contribution in [0.15, 0.2) is 12.1 Å². The Bertz CT molecular complexity index is 351. The number of rotatable bonds is 14. The van der Waals surface area contributed by atoms with E-state index >= 15 is 0 Å². The quantitative estimate of drug-likeness (QED) is 0.527. The van der Waals surface area contributed by atoms with E-state index in [-0.39, 0.29) is 0 Å². The summed E-state index contributed by atoms with van der Waals surface area (Å²) in [5.41, 5.74) is 0. The molecule has 1 aromatic rings. The highest BCUT2D eigenvalue weighted by Crippen LogP contribution is 2.20. The fourth-order valence-electron chi connectivity index (χ4n) is 1.49. The predicted octanol–water partition coefficient (Wildman–Crippen LogP) is 2.19. The molecule has 7 heteroatoms. The maximum Gasteiger partial charge on any atom is 0.0931 e. The van der Waals surface area contributed by atoms with Crippen molar-refractivity contribution in [3.05, 3.63) is 21.3 Å². The summed E-state index contributed by atoms with van der Waals surface area (Å²) in [4.78, 5) is 1.23. The minimum Gasteiger partial charge on any atom is -0.382 e. The van der Waals surface area contributed by atoms with E-state index in [1.165, 1.54) is 4.88 Å². The second-order valence-electron chi connectivity index (χ2n) is 4.21. The Labute approximate surface area is 135 Å². The number of methoxy groups -OCH3 is 1. The molecular weight excluding hydrogens is 314 g/mol. The Morgan fingerprint density at radius 2 is 1.57 bits per heavy atom. The van der Waals surface area contributed by atoms with E-state index in [1.54, 1.807) is 18.4 Å². The van der Waals surface area contributed by atoms with Gasteiger partial charge in [0.2, 0.25) is 0 Å². The average molecular weight is 338 g/mol. The van der Waals surface area contributed by atoms with Crippen LogP contribution in [0.2, 0.25) is 4.34 Å². The van der Waals surface area contributed by atoms with Crippen LogP contribution >= 0.6 is 22.9 Å². The molecule has 0 saturated heterocycles. The molecule has 0 unspecified atom stereocenters. The highest BCUT2D eigenvalue weighted by molar-refractivity contribution is 7.16. The van der Waals surface area contributed by atoms with Gasteiger partial charge in [-0.3, -0.25) is 0 Å². The number of hydrogen-bond acceptors (Lipinski definition) is 6. The molecule has 0 atom stereocenters. The summed E-state index contributed by atoms with van der Waals surface area (Å²) in [6.07, 6.45) is 0. The molecule has 0 fully saturated rings. The number of ether oxygens (including phenoxy) is 4. The van der Waals surface area contributed by atoms with Gasteiger partial charge in [-0.25, -0.2) is 0 Å². The average Bonchev–Trinajstić information content (AvgIpc) is 2.89. The molecule has 0 amide bonds. The highest BCUT2D eigenvalue weighted by atomic mass is 35.5. The van der Waals surface area contributed by atoms with Crippen LogP contribution in [-0.2, 0) is 25.5 Å². The Kier molecular flexibility index (Phi) is 12.1. The molecule has 21 heavy (non-hydrogen) atoms. The van der Waals surface area contributed by atoms with E-state index in [0.29, 0.717) is 46.2 Å². The van der Waals surface area contributed by atoms with Crippen LogP contribution in [0.5, 0.6) is 0 Å². The Balaban J connectivity index is 1.74. The lowest BCUT2D eigenvalue weighted by Gasteiger charge is -2.07. The molecule has 1 rings (SSSR count). The number of hydrogen-bond donors (Lipinski definition) is 1. The lowest BCUT2D eigenvalue weighted by atomic mass is 10.4.